The van der Waals surface area contributed by atoms with Crippen LogP contribution in [0.25, 0.3) is 0 Å². The Morgan fingerprint density at radius 3 is 2.67 bits per heavy atom. The first-order chi connectivity index (χ1) is 5.61. The maximum Gasteiger partial charge on any atom is 0.333 e. The van der Waals surface area contributed by atoms with E-state index in [1.807, 2.05) is 0 Å². The Morgan fingerprint density at radius 1 is 1.58 bits per heavy atom. The number of fused-ring (bicyclic) bond motifs is 1. The lowest BCUT2D eigenvalue weighted by Crippen LogP contribution is -2.40. The highest BCUT2D eigenvalue weighted by molar-refractivity contribution is 5.87. The molecule has 3 fully saturated rings. The van der Waals surface area contributed by atoms with Gasteiger partial charge >= 0.3 is 5.97 Å². The molecule has 0 radical (unpaired) electrons. The molecular formula is C10H14O2. The molecule has 0 N–H and O–H groups in total. The van der Waals surface area contributed by atoms with Gasteiger partial charge in [0.2, 0.25) is 0 Å². The third-order valence-corrected chi connectivity index (χ3v) is 2.99. The second-order valence-electron chi connectivity index (χ2n) is 4.17. The van der Waals surface area contributed by atoms with Crippen molar-refractivity contribution in [1.82, 2.24) is 0 Å². The van der Waals surface area contributed by atoms with Gasteiger partial charge in [-0.3, -0.25) is 0 Å². The van der Waals surface area contributed by atoms with E-state index in [0.717, 1.165) is 25.2 Å². The Bertz CT molecular complexity index is 231. The average Bonchev–Trinajstić information content (AvgIpc) is 2.44. The van der Waals surface area contributed by atoms with Crippen LogP contribution in [-0.4, -0.2) is 11.6 Å². The molecule has 2 heteroatoms. The minimum absolute atomic E-state index is 0.0687. The van der Waals surface area contributed by atoms with Crippen molar-refractivity contribution in [1.29, 1.82) is 0 Å². The first kappa shape index (κ1) is 7.84. The molecule has 2 bridgehead atoms. The number of hydrogen-bond acceptors (Lipinski definition) is 2. The smallest absolute Gasteiger partial charge is 0.333 e. The van der Waals surface area contributed by atoms with Crippen LogP contribution >= 0.6 is 0 Å². The Kier molecular flexibility index (Phi) is 1.53. The fourth-order valence-electron chi connectivity index (χ4n) is 2.29. The zero-order valence-electron chi connectivity index (χ0n) is 7.43. The molecule has 0 aromatic carbocycles. The first-order valence-corrected chi connectivity index (χ1v) is 4.50. The van der Waals surface area contributed by atoms with E-state index in [1.54, 1.807) is 6.92 Å². The Labute approximate surface area is 72.6 Å². The molecule has 0 atom stereocenters. The van der Waals surface area contributed by atoms with Crippen LogP contribution in [-0.2, 0) is 9.53 Å². The molecule has 0 unspecified atom stereocenters. The lowest BCUT2D eigenvalue weighted by molar-refractivity contribution is -0.161. The molecule has 66 valence electrons. The number of hydrogen-bond donors (Lipinski definition) is 0. The van der Waals surface area contributed by atoms with Gasteiger partial charge < -0.3 is 4.74 Å². The van der Waals surface area contributed by atoms with E-state index in [-0.39, 0.29) is 11.6 Å². The largest absolute Gasteiger partial charge is 0.456 e. The normalized spacial score (nSPS) is 37.2. The van der Waals surface area contributed by atoms with E-state index >= 15 is 0 Å². The summed E-state index contributed by atoms with van der Waals surface area (Å²) in [5, 5.41) is 0. The molecule has 0 saturated heterocycles. The van der Waals surface area contributed by atoms with Crippen LogP contribution in [0.2, 0.25) is 0 Å². The number of ether oxygens (including phenoxy) is 1. The summed E-state index contributed by atoms with van der Waals surface area (Å²) in [7, 11) is 0. The van der Waals surface area contributed by atoms with Gasteiger partial charge in [0.25, 0.3) is 0 Å². The molecule has 12 heavy (non-hydrogen) atoms. The molecular weight excluding hydrogens is 152 g/mol. The predicted molar refractivity (Wildman–Crippen MR) is 45.6 cm³/mol. The van der Waals surface area contributed by atoms with Crippen molar-refractivity contribution in [3.8, 4) is 0 Å². The Morgan fingerprint density at radius 2 is 2.25 bits per heavy atom. The highest BCUT2D eigenvalue weighted by Crippen LogP contribution is 2.54. The van der Waals surface area contributed by atoms with Gasteiger partial charge in [0.15, 0.2) is 0 Å². The van der Waals surface area contributed by atoms with Crippen molar-refractivity contribution in [2.45, 2.75) is 38.2 Å². The van der Waals surface area contributed by atoms with Gasteiger partial charge in [-0.1, -0.05) is 6.58 Å². The fourth-order valence-corrected chi connectivity index (χ4v) is 2.29. The number of carbonyl (C=O) groups excluding carboxylic acids is 1. The number of esters is 1. The average molecular weight is 166 g/mol. The SMILES string of the molecule is C=C(C)C(=O)OC12CCC(C1)C2. The third kappa shape index (κ3) is 1.06. The van der Waals surface area contributed by atoms with Gasteiger partial charge in [-0.2, -0.15) is 0 Å². The Balaban J connectivity index is 1.95. The third-order valence-electron chi connectivity index (χ3n) is 2.99. The number of carbonyl (C=O) groups is 1. The highest BCUT2D eigenvalue weighted by Gasteiger charge is 2.53. The van der Waals surface area contributed by atoms with Crippen molar-refractivity contribution in [3.63, 3.8) is 0 Å². The van der Waals surface area contributed by atoms with Crippen molar-refractivity contribution < 1.29 is 9.53 Å². The van der Waals surface area contributed by atoms with Gasteiger partial charge in [-0.15, -0.1) is 0 Å². The summed E-state index contributed by atoms with van der Waals surface area (Å²) in [6.45, 7) is 5.27. The van der Waals surface area contributed by atoms with Crippen LogP contribution in [0, 0.1) is 5.92 Å². The molecule has 3 aliphatic rings. The molecule has 0 amide bonds. The van der Waals surface area contributed by atoms with Gasteiger partial charge in [0, 0.05) is 5.57 Å². The van der Waals surface area contributed by atoms with Crippen LogP contribution in [0.4, 0.5) is 0 Å². The van der Waals surface area contributed by atoms with E-state index in [1.165, 1.54) is 6.42 Å². The van der Waals surface area contributed by atoms with Gasteiger partial charge in [0.05, 0.1) is 0 Å². The molecule has 3 saturated carbocycles. The van der Waals surface area contributed by atoms with Crippen molar-refractivity contribution in [3.05, 3.63) is 12.2 Å². The summed E-state index contributed by atoms with van der Waals surface area (Å²) in [5.74, 6) is 0.623. The maximum atomic E-state index is 11.2. The van der Waals surface area contributed by atoms with E-state index < -0.39 is 0 Å². The number of rotatable bonds is 2. The summed E-state index contributed by atoms with van der Waals surface area (Å²) in [5.41, 5.74) is 0.445. The molecule has 0 spiro atoms. The van der Waals surface area contributed by atoms with Crippen molar-refractivity contribution in [2.24, 2.45) is 5.92 Å². The Hall–Kier alpha value is -0.790. The molecule has 0 heterocycles. The summed E-state index contributed by atoms with van der Waals surface area (Å²) in [4.78, 5) is 11.2. The summed E-state index contributed by atoms with van der Waals surface area (Å²) < 4.78 is 5.39. The van der Waals surface area contributed by atoms with Gasteiger partial charge in [-0.25, -0.2) is 4.79 Å². The van der Waals surface area contributed by atoms with Crippen LogP contribution in [0.15, 0.2) is 12.2 Å². The summed E-state index contributed by atoms with van der Waals surface area (Å²) >= 11 is 0. The zero-order valence-corrected chi connectivity index (χ0v) is 7.43. The minimum Gasteiger partial charge on any atom is -0.456 e. The lowest BCUT2D eigenvalue weighted by Gasteiger charge is -2.37. The summed E-state index contributed by atoms with van der Waals surface area (Å²) in [6, 6.07) is 0. The van der Waals surface area contributed by atoms with Crippen molar-refractivity contribution in [2.75, 3.05) is 0 Å². The topological polar surface area (TPSA) is 26.3 Å². The van der Waals surface area contributed by atoms with Gasteiger partial charge in [0.1, 0.15) is 5.60 Å². The van der Waals surface area contributed by atoms with Crippen molar-refractivity contribution >= 4 is 5.97 Å². The van der Waals surface area contributed by atoms with Crippen LogP contribution in [0.5, 0.6) is 0 Å². The zero-order chi connectivity index (χ0) is 8.77. The van der Waals surface area contributed by atoms with E-state index in [2.05, 4.69) is 6.58 Å². The van der Waals surface area contributed by atoms with E-state index in [4.69, 9.17) is 4.74 Å². The second kappa shape index (κ2) is 2.35. The maximum absolute atomic E-state index is 11.2. The van der Waals surface area contributed by atoms with Crippen LogP contribution in [0.1, 0.15) is 32.6 Å². The second-order valence-corrected chi connectivity index (χ2v) is 4.17. The standard InChI is InChI=1S/C10H14O2/c1-7(2)9(11)12-10-4-3-8(5-10)6-10/h8H,1,3-6H2,2H3. The summed E-state index contributed by atoms with van der Waals surface area (Å²) in [6.07, 6.45) is 4.48. The molecule has 3 rings (SSSR count). The monoisotopic (exact) mass is 166 g/mol. The minimum atomic E-state index is -0.213. The highest BCUT2D eigenvalue weighted by atomic mass is 16.6. The predicted octanol–water partition coefficient (Wildman–Crippen LogP) is 2.05. The van der Waals surface area contributed by atoms with Crippen LogP contribution < -0.4 is 0 Å². The molecule has 0 aromatic heterocycles. The molecule has 2 nitrogen and oxygen atoms in total. The van der Waals surface area contributed by atoms with Gasteiger partial charge in [-0.05, 0) is 38.5 Å². The molecule has 3 aliphatic carbocycles. The molecule has 0 aromatic rings. The first-order valence-electron chi connectivity index (χ1n) is 4.50. The quantitative estimate of drug-likeness (QED) is 0.463. The van der Waals surface area contributed by atoms with E-state index in [9.17, 15) is 4.79 Å². The van der Waals surface area contributed by atoms with Crippen LogP contribution in [0.3, 0.4) is 0 Å². The fraction of sp³-hybridized carbons (Fsp3) is 0.700. The lowest BCUT2D eigenvalue weighted by atomic mass is 9.80. The molecule has 0 aliphatic heterocycles. The van der Waals surface area contributed by atoms with E-state index in [0.29, 0.717) is 5.57 Å².